The van der Waals surface area contributed by atoms with Gasteiger partial charge in [0, 0.05) is 12.6 Å². The zero-order chi connectivity index (χ0) is 20.7. The molecule has 0 bridgehead atoms. The van der Waals surface area contributed by atoms with Crippen molar-refractivity contribution in [2.75, 3.05) is 13.6 Å². The fourth-order valence-electron chi connectivity index (χ4n) is 2.98. The van der Waals surface area contributed by atoms with Crippen LogP contribution in [0.2, 0.25) is 0 Å². The first-order valence-electron chi connectivity index (χ1n) is 9.06. The first kappa shape index (κ1) is 20.3. The minimum atomic E-state index is -1.28. The lowest BCUT2D eigenvalue weighted by molar-refractivity contribution is 0.00578. The van der Waals surface area contributed by atoms with Crippen LogP contribution in [-0.2, 0) is 9.31 Å². The van der Waals surface area contributed by atoms with E-state index in [1.165, 1.54) is 0 Å². The Morgan fingerprint density at radius 3 is 2.39 bits per heavy atom. The van der Waals surface area contributed by atoms with E-state index >= 15 is 0 Å². The van der Waals surface area contributed by atoms with Gasteiger partial charge in [-0.25, -0.2) is 4.79 Å². The third-order valence-corrected chi connectivity index (χ3v) is 5.25. The molecule has 8 heteroatoms. The van der Waals surface area contributed by atoms with Crippen molar-refractivity contribution in [1.29, 1.82) is 0 Å². The van der Waals surface area contributed by atoms with Crippen LogP contribution in [-0.4, -0.2) is 43.0 Å². The van der Waals surface area contributed by atoms with Gasteiger partial charge in [-0.2, -0.15) is 0 Å². The van der Waals surface area contributed by atoms with Crippen LogP contribution in [0.4, 0.5) is 0 Å². The molecule has 1 fully saturated rings. The quantitative estimate of drug-likeness (QED) is 0.764. The molecule has 1 aliphatic rings. The summed E-state index contributed by atoms with van der Waals surface area (Å²) in [5.74, 6) is -1.66. The Balaban J connectivity index is 2.01. The Morgan fingerprint density at radius 1 is 1.18 bits per heavy atom. The summed E-state index contributed by atoms with van der Waals surface area (Å²) in [6, 6.07) is 6.02. The highest BCUT2D eigenvalue weighted by molar-refractivity contribution is 6.55. The predicted octanol–water partition coefficient (Wildman–Crippen LogP) is 2.73. The molecule has 0 aliphatic carbocycles. The van der Waals surface area contributed by atoms with E-state index in [2.05, 4.69) is 5.32 Å². The molecule has 1 saturated heterocycles. The zero-order valence-electron chi connectivity index (χ0n) is 16.7. The van der Waals surface area contributed by atoms with E-state index in [1.54, 1.807) is 18.2 Å². The Bertz CT molecular complexity index is 991. The van der Waals surface area contributed by atoms with Crippen LogP contribution in [0, 0.1) is 0 Å². The SMILES string of the molecule is CNCC(=Cc1ccc2oc(C(=O)O)cc(=O)c2c1)B1OC(C)(C)C(C)(C)O1. The van der Waals surface area contributed by atoms with E-state index in [4.69, 9.17) is 18.8 Å². The van der Waals surface area contributed by atoms with E-state index in [0.29, 0.717) is 11.9 Å². The number of aromatic carboxylic acids is 1. The maximum Gasteiger partial charge on any atom is 0.491 e. The molecule has 3 rings (SSSR count). The van der Waals surface area contributed by atoms with Crippen LogP contribution >= 0.6 is 0 Å². The van der Waals surface area contributed by atoms with Gasteiger partial charge in [0.1, 0.15) is 5.58 Å². The Hall–Kier alpha value is -2.42. The number of rotatable bonds is 5. The molecular formula is C20H24BNO6. The number of nitrogens with one attached hydrogen (secondary N) is 1. The number of carboxylic acids is 1. The first-order chi connectivity index (χ1) is 13.0. The van der Waals surface area contributed by atoms with Crippen molar-refractivity contribution in [3.63, 3.8) is 0 Å². The zero-order valence-corrected chi connectivity index (χ0v) is 16.7. The van der Waals surface area contributed by atoms with Crippen LogP contribution < -0.4 is 10.7 Å². The minimum absolute atomic E-state index is 0.229. The van der Waals surface area contributed by atoms with Crippen molar-refractivity contribution in [2.24, 2.45) is 0 Å². The Kier molecular flexibility index (Phi) is 5.22. The van der Waals surface area contributed by atoms with Gasteiger partial charge in [0.2, 0.25) is 5.76 Å². The molecule has 148 valence electrons. The number of hydrogen-bond acceptors (Lipinski definition) is 6. The van der Waals surface area contributed by atoms with E-state index in [1.807, 2.05) is 40.8 Å². The lowest BCUT2D eigenvalue weighted by Gasteiger charge is -2.32. The lowest BCUT2D eigenvalue weighted by atomic mass is 9.77. The van der Waals surface area contributed by atoms with Gasteiger partial charge in [-0.05, 0) is 57.9 Å². The standard InChI is InChI=1S/C20H24BNO6/c1-19(2)20(3,4)28-21(27-19)13(11-22-5)8-12-6-7-16-14(9-12)15(23)10-17(26-16)18(24)25/h6-10,22H,11H2,1-5H3,(H,24,25). The second-order valence-electron chi connectivity index (χ2n) is 7.87. The molecule has 0 atom stereocenters. The van der Waals surface area contributed by atoms with Crippen molar-refractivity contribution in [3.05, 3.63) is 51.3 Å². The average Bonchev–Trinajstić information content (AvgIpc) is 2.82. The van der Waals surface area contributed by atoms with Crippen molar-refractivity contribution in [3.8, 4) is 0 Å². The number of likely N-dealkylation sites (N-methyl/N-ethyl adjacent to an activating group) is 1. The molecule has 0 saturated carbocycles. The molecule has 1 aromatic heterocycles. The predicted molar refractivity (Wildman–Crippen MR) is 107 cm³/mol. The second kappa shape index (κ2) is 7.20. The van der Waals surface area contributed by atoms with Gasteiger partial charge in [-0.15, -0.1) is 0 Å². The molecule has 2 heterocycles. The highest BCUT2D eigenvalue weighted by atomic mass is 16.7. The van der Waals surface area contributed by atoms with Crippen LogP contribution in [0.1, 0.15) is 43.8 Å². The topological polar surface area (TPSA) is 98.0 Å². The maximum absolute atomic E-state index is 12.3. The highest BCUT2D eigenvalue weighted by Gasteiger charge is 2.52. The highest BCUT2D eigenvalue weighted by Crippen LogP contribution is 2.38. The number of carboxylic acid groups (broad SMARTS) is 1. The number of hydrogen-bond donors (Lipinski definition) is 2. The average molecular weight is 385 g/mol. The van der Waals surface area contributed by atoms with Gasteiger partial charge in [-0.3, -0.25) is 4.79 Å². The van der Waals surface area contributed by atoms with Gasteiger partial charge >= 0.3 is 13.1 Å². The smallest absolute Gasteiger partial charge is 0.475 e. The summed E-state index contributed by atoms with van der Waals surface area (Å²) in [5, 5.41) is 12.5. The number of benzene rings is 1. The molecule has 0 amide bonds. The number of carbonyl (C=O) groups is 1. The number of fused-ring (bicyclic) bond motifs is 1. The molecule has 7 nitrogen and oxygen atoms in total. The molecular weight excluding hydrogens is 361 g/mol. The van der Waals surface area contributed by atoms with Gasteiger partial charge in [0.05, 0.1) is 16.6 Å². The van der Waals surface area contributed by atoms with E-state index in [9.17, 15) is 9.59 Å². The fraction of sp³-hybridized carbons (Fsp3) is 0.400. The monoisotopic (exact) mass is 385 g/mol. The van der Waals surface area contributed by atoms with E-state index in [-0.39, 0.29) is 11.3 Å². The van der Waals surface area contributed by atoms with Gasteiger partial charge < -0.3 is 24.1 Å². The molecule has 2 N–H and O–H groups in total. The van der Waals surface area contributed by atoms with Gasteiger partial charge in [0.15, 0.2) is 5.43 Å². The van der Waals surface area contributed by atoms with Crippen LogP contribution in [0.3, 0.4) is 0 Å². The van der Waals surface area contributed by atoms with E-state index < -0.39 is 29.7 Å². The fourth-order valence-corrected chi connectivity index (χ4v) is 2.98. The Morgan fingerprint density at radius 2 is 1.82 bits per heavy atom. The molecule has 28 heavy (non-hydrogen) atoms. The Labute approximate surface area is 163 Å². The summed E-state index contributed by atoms with van der Waals surface area (Å²) in [4.78, 5) is 23.3. The van der Waals surface area contributed by atoms with Gasteiger partial charge in [-0.1, -0.05) is 12.1 Å². The second-order valence-corrected chi connectivity index (χ2v) is 7.87. The molecule has 0 spiro atoms. The summed E-state index contributed by atoms with van der Waals surface area (Å²) >= 11 is 0. The summed E-state index contributed by atoms with van der Waals surface area (Å²) in [6.07, 6.45) is 1.91. The largest absolute Gasteiger partial charge is 0.491 e. The molecule has 2 aromatic rings. The van der Waals surface area contributed by atoms with Crippen molar-refractivity contribution in [1.82, 2.24) is 5.32 Å². The van der Waals surface area contributed by atoms with Crippen LogP contribution in [0.25, 0.3) is 17.0 Å². The normalized spacial score (nSPS) is 18.6. The van der Waals surface area contributed by atoms with Gasteiger partial charge in [0.25, 0.3) is 0 Å². The molecule has 0 radical (unpaired) electrons. The minimum Gasteiger partial charge on any atom is -0.475 e. The van der Waals surface area contributed by atoms with Crippen LogP contribution in [0.5, 0.6) is 0 Å². The van der Waals surface area contributed by atoms with Crippen LogP contribution in [0.15, 0.2) is 38.9 Å². The maximum atomic E-state index is 12.3. The van der Waals surface area contributed by atoms with Crippen molar-refractivity contribution < 1.29 is 23.6 Å². The van der Waals surface area contributed by atoms with Crippen molar-refractivity contribution >= 4 is 30.1 Å². The summed E-state index contributed by atoms with van der Waals surface area (Å²) < 4.78 is 17.5. The van der Waals surface area contributed by atoms with E-state index in [0.717, 1.165) is 17.1 Å². The summed E-state index contributed by atoms with van der Waals surface area (Å²) in [5.41, 5.74) is 0.562. The third-order valence-electron chi connectivity index (χ3n) is 5.25. The molecule has 0 unspecified atom stereocenters. The third kappa shape index (κ3) is 3.76. The summed E-state index contributed by atoms with van der Waals surface area (Å²) in [6.45, 7) is 8.51. The van der Waals surface area contributed by atoms with Crippen molar-refractivity contribution in [2.45, 2.75) is 38.9 Å². The first-order valence-corrected chi connectivity index (χ1v) is 9.06. The lowest BCUT2D eigenvalue weighted by Crippen LogP contribution is -2.41. The summed E-state index contributed by atoms with van der Waals surface area (Å²) in [7, 11) is 1.32. The molecule has 1 aliphatic heterocycles. The molecule has 1 aromatic carbocycles.